The molecule has 1 saturated heterocycles. The molecule has 7 nitrogen and oxygen atoms in total. The molecule has 1 aromatic heterocycles. The minimum absolute atomic E-state index is 0.103. The first-order valence-corrected chi connectivity index (χ1v) is 7.33. The van der Waals surface area contributed by atoms with Crippen molar-refractivity contribution in [3.8, 4) is 5.75 Å². The molecule has 2 heterocycles. The number of hydrogen-bond acceptors (Lipinski definition) is 5. The summed E-state index contributed by atoms with van der Waals surface area (Å²) in [5.74, 6) is 0.0774. The molecule has 3 rings (SSSR count). The average molecular weight is 320 g/mol. The number of aromatic nitrogens is 3. The van der Waals surface area contributed by atoms with Crippen molar-refractivity contribution in [2.75, 3.05) is 19.7 Å². The van der Waals surface area contributed by atoms with Crippen molar-refractivity contribution in [3.05, 3.63) is 42.5 Å². The van der Waals surface area contributed by atoms with Crippen molar-refractivity contribution in [1.29, 1.82) is 0 Å². The van der Waals surface area contributed by atoms with Gasteiger partial charge in [0.05, 0.1) is 31.4 Å². The van der Waals surface area contributed by atoms with Crippen molar-refractivity contribution in [2.45, 2.75) is 18.6 Å². The smallest absolute Gasteiger partial charge is 0.226 e. The van der Waals surface area contributed by atoms with E-state index in [4.69, 9.17) is 4.74 Å². The summed E-state index contributed by atoms with van der Waals surface area (Å²) in [5, 5.41) is 17.6. The molecule has 1 fully saturated rings. The second-order valence-corrected chi connectivity index (χ2v) is 5.37. The average Bonchev–Trinajstić information content (AvgIpc) is 3.18. The van der Waals surface area contributed by atoms with Gasteiger partial charge in [0.15, 0.2) is 0 Å². The standard InChI is InChI=1S/C15H17FN4O3/c16-11-1-3-12(4-2-11)23-8-5-15(22)19-9-13(14(21)10-19)20-7-6-17-18-20/h1-4,6-7,13-14,21H,5,8-10H2/t13-,14-/m1/s1. The molecule has 0 saturated carbocycles. The first-order chi connectivity index (χ1) is 11.1. The summed E-state index contributed by atoms with van der Waals surface area (Å²) in [7, 11) is 0. The molecule has 0 unspecified atom stereocenters. The maximum Gasteiger partial charge on any atom is 0.226 e. The van der Waals surface area contributed by atoms with Crippen molar-refractivity contribution in [1.82, 2.24) is 19.9 Å². The lowest BCUT2D eigenvalue weighted by Gasteiger charge is -2.16. The highest BCUT2D eigenvalue weighted by Crippen LogP contribution is 2.21. The first-order valence-electron chi connectivity index (χ1n) is 7.33. The molecule has 1 amide bonds. The number of carbonyl (C=O) groups excluding carboxylic acids is 1. The molecule has 1 N–H and O–H groups in total. The SMILES string of the molecule is O=C(CCOc1ccc(F)cc1)N1C[C@@H](O)[C@H](n2ccnn2)C1. The largest absolute Gasteiger partial charge is 0.493 e. The van der Waals surface area contributed by atoms with E-state index in [1.165, 1.54) is 30.5 Å². The summed E-state index contributed by atoms with van der Waals surface area (Å²) in [4.78, 5) is 13.8. The Morgan fingerprint density at radius 2 is 2.13 bits per heavy atom. The van der Waals surface area contributed by atoms with E-state index in [0.717, 1.165) is 0 Å². The topological polar surface area (TPSA) is 80.5 Å². The predicted octanol–water partition coefficient (Wildman–Crippen LogP) is 0.630. The number of aliphatic hydroxyl groups is 1. The number of hydrogen-bond donors (Lipinski definition) is 1. The van der Waals surface area contributed by atoms with E-state index in [9.17, 15) is 14.3 Å². The van der Waals surface area contributed by atoms with Gasteiger partial charge in [0.2, 0.25) is 5.91 Å². The number of ether oxygens (including phenoxy) is 1. The minimum Gasteiger partial charge on any atom is -0.493 e. The van der Waals surface area contributed by atoms with Crippen LogP contribution in [0.4, 0.5) is 4.39 Å². The van der Waals surface area contributed by atoms with Gasteiger partial charge in [-0.1, -0.05) is 5.21 Å². The van der Waals surface area contributed by atoms with Crippen molar-refractivity contribution < 1.29 is 19.0 Å². The summed E-state index contributed by atoms with van der Waals surface area (Å²) in [6, 6.07) is 5.35. The molecular weight excluding hydrogens is 303 g/mol. The van der Waals surface area contributed by atoms with Crippen LogP contribution in [0.15, 0.2) is 36.7 Å². The highest BCUT2D eigenvalue weighted by molar-refractivity contribution is 5.76. The van der Waals surface area contributed by atoms with Crippen LogP contribution in [0.1, 0.15) is 12.5 Å². The summed E-state index contributed by atoms with van der Waals surface area (Å²) >= 11 is 0. The Morgan fingerprint density at radius 1 is 1.35 bits per heavy atom. The number of nitrogens with zero attached hydrogens (tertiary/aromatic N) is 4. The van der Waals surface area contributed by atoms with Crippen LogP contribution in [0.25, 0.3) is 0 Å². The lowest BCUT2D eigenvalue weighted by atomic mass is 10.2. The molecule has 1 aromatic carbocycles. The van der Waals surface area contributed by atoms with E-state index in [1.54, 1.807) is 15.8 Å². The van der Waals surface area contributed by atoms with Gasteiger partial charge in [0.25, 0.3) is 0 Å². The second kappa shape index (κ2) is 6.74. The van der Waals surface area contributed by atoms with Gasteiger partial charge in [0, 0.05) is 19.3 Å². The van der Waals surface area contributed by atoms with Gasteiger partial charge >= 0.3 is 0 Å². The number of likely N-dealkylation sites (tertiary alicyclic amines) is 1. The maximum atomic E-state index is 12.8. The van der Waals surface area contributed by atoms with E-state index in [-0.39, 0.29) is 37.3 Å². The zero-order valence-corrected chi connectivity index (χ0v) is 12.4. The summed E-state index contributed by atoms with van der Waals surface area (Å²) in [5.41, 5.74) is 0. The highest BCUT2D eigenvalue weighted by Gasteiger charge is 2.35. The minimum atomic E-state index is -0.668. The molecule has 0 spiro atoms. The number of carbonyl (C=O) groups is 1. The second-order valence-electron chi connectivity index (χ2n) is 5.37. The zero-order chi connectivity index (χ0) is 16.2. The van der Waals surface area contributed by atoms with Gasteiger partial charge in [-0.2, -0.15) is 0 Å². The van der Waals surface area contributed by atoms with Gasteiger partial charge in [-0.05, 0) is 24.3 Å². The number of halogens is 1. The lowest BCUT2D eigenvalue weighted by Crippen LogP contribution is -2.30. The molecule has 1 aliphatic rings. The maximum absolute atomic E-state index is 12.8. The van der Waals surface area contributed by atoms with Gasteiger partial charge in [-0.15, -0.1) is 5.10 Å². The fraction of sp³-hybridized carbons (Fsp3) is 0.400. The van der Waals surface area contributed by atoms with E-state index < -0.39 is 6.10 Å². The number of amides is 1. The van der Waals surface area contributed by atoms with Gasteiger partial charge in [-0.3, -0.25) is 4.79 Å². The molecular formula is C15H17FN4O3. The summed E-state index contributed by atoms with van der Waals surface area (Å²) in [6.07, 6.45) is 2.72. The van der Waals surface area contributed by atoms with Crippen molar-refractivity contribution in [2.24, 2.45) is 0 Å². The van der Waals surface area contributed by atoms with Crippen molar-refractivity contribution >= 4 is 5.91 Å². The van der Waals surface area contributed by atoms with Gasteiger partial charge in [-0.25, -0.2) is 9.07 Å². The monoisotopic (exact) mass is 320 g/mol. The number of aliphatic hydroxyl groups excluding tert-OH is 1. The van der Waals surface area contributed by atoms with Crippen LogP contribution in [-0.2, 0) is 4.79 Å². The third-order valence-corrected chi connectivity index (χ3v) is 3.79. The third kappa shape index (κ3) is 3.65. The molecule has 2 atom stereocenters. The van der Waals surface area contributed by atoms with Crippen molar-refractivity contribution in [3.63, 3.8) is 0 Å². The number of rotatable bonds is 5. The van der Waals surface area contributed by atoms with Crippen LogP contribution in [0.2, 0.25) is 0 Å². The van der Waals surface area contributed by atoms with E-state index in [1.807, 2.05) is 0 Å². The van der Waals surface area contributed by atoms with Gasteiger partial charge < -0.3 is 14.7 Å². The molecule has 122 valence electrons. The molecule has 8 heteroatoms. The van der Waals surface area contributed by atoms with E-state index in [2.05, 4.69) is 10.3 Å². The third-order valence-electron chi connectivity index (χ3n) is 3.79. The normalized spacial score (nSPS) is 20.7. The zero-order valence-electron chi connectivity index (χ0n) is 12.4. The Morgan fingerprint density at radius 3 is 2.83 bits per heavy atom. The molecule has 0 radical (unpaired) electrons. The predicted molar refractivity (Wildman–Crippen MR) is 78.2 cm³/mol. The number of benzene rings is 1. The fourth-order valence-corrected chi connectivity index (χ4v) is 2.57. The summed E-state index contributed by atoms with van der Waals surface area (Å²) < 4.78 is 19.8. The van der Waals surface area contributed by atoms with Crippen LogP contribution >= 0.6 is 0 Å². The molecule has 0 bridgehead atoms. The fourth-order valence-electron chi connectivity index (χ4n) is 2.57. The molecule has 1 aliphatic heterocycles. The van der Waals surface area contributed by atoms with Crippen LogP contribution < -0.4 is 4.74 Å². The Kier molecular flexibility index (Phi) is 4.52. The van der Waals surface area contributed by atoms with Crippen LogP contribution in [-0.4, -0.2) is 56.7 Å². The first kappa shape index (κ1) is 15.4. The Labute approximate surface area is 132 Å². The molecule has 0 aliphatic carbocycles. The lowest BCUT2D eigenvalue weighted by molar-refractivity contribution is -0.131. The van der Waals surface area contributed by atoms with Crippen LogP contribution in [0.5, 0.6) is 5.75 Å². The van der Waals surface area contributed by atoms with E-state index >= 15 is 0 Å². The number of β-amino-alcohol motifs (C(OH)–C–C–N with tert-alkyl or cyclic N) is 1. The Balaban J connectivity index is 1.48. The highest BCUT2D eigenvalue weighted by atomic mass is 19.1. The Hall–Kier alpha value is -2.48. The van der Waals surface area contributed by atoms with Gasteiger partial charge in [0.1, 0.15) is 11.6 Å². The van der Waals surface area contributed by atoms with Crippen LogP contribution in [0.3, 0.4) is 0 Å². The quantitative estimate of drug-likeness (QED) is 0.874. The molecule has 2 aromatic rings. The Bertz CT molecular complexity index is 647. The van der Waals surface area contributed by atoms with E-state index in [0.29, 0.717) is 12.3 Å². The summed E-state index contributed by atoms with van der Waals surface area (Å²) in [6.45, 7) is 0.852. The molecule has 23 heavy (non-hydrogen) atoms. The van der Waals surface area contributed by atoms with Crippen LogP contribution in [0, 0.1) is 5.82 Å².